The van der Waals surface area contributed by atoms with Crippen LogP contribution in [0.3, 0.4) is 0 Å². The van der Waals surface area contributed by atoms with Crippen LogP contribution in [0.1, 0.15) is 19.3 Å². The van der Waals surface area contributed by atoms with Crippen LogP contribution in [0, 0.1) is 11.7 Å². The SMILES string of the molecule is Fc1ccc(Br)c(N2CCCNC(C3CC3)C2)c1. The molecule has 0 radical (unpaired) electrons. The van der Waals surface area contributed by atoms with Gasteiger partial charge in [-0.25, -0.2) is 4.39 Å². The summed E-state index contributed by atoms with van der Waals surface area (Å²) in [4.78, 5) is 2.32. The van der Waals surface area contributed by atoms with Gasteiger partial charge in [-0.1, -0.05) is 0 Å². The van der Waals surface area contributed by atoms with Crippen LogP contribution in [0.15, 0.2) is 22.7 Å². The Balaban J connectivity index is 1.82. The largest absolute Gasteiger partial charge is 0.369 e. The fourth-order valence-corrected chi connectivity index (χ4v) is 3.21. The first-order valence-electron chi connectivity index (χ1n) is 6.67. The van der Waals surface area contributed by atoms with Gasteiger partial charge in [-0.15, -0.1) is 0 Å². The Morgan fingerprint density at radius 1 is 1.33 bits per heavy atom. The van der Waals surface area contributed by atoms with Gasteiger partial charge in [0, 0.05) is 23.6 Å². The maximum atomic E-state index is 13.4. The smallest absolute Gasteiger partial charge is 0.125 e. The molecule has 1 aromatic carbocycles. The Hall–Kier alpha value is -0.610. The van der Waals surface area contributed by atoms with Gasteiger partial charge in [0.15, 0.2) is 0 Å². The number of anilines is 1. The first-order chi connectivity index (χ1) is 8.74. The maximum Gasteiger partial charge on any atom is 0.125 e. The average Bonchev–Trinajstić information content (AvgIpc) is 3.16. The van der Waals surface area contributed by atoms with Crippen LogP contribution < -0.4 is 10.2 Å². The van der Waals surface area contributed by atoms with E-state index in [2.05, 4.69) is 26.1 Å². The highest BCUT2D eigenvalue weighted by molar-refractivity contribution is 9.10. The Morgan fingerprint density at radius 2 is 2.17 bits per heavy atom. The Morgan fingerprint density at radius 3 is 2.94 bits per heavy atom. The highest BCUT2D eigenvalue weighted by atomic mass is 79.9. The fourth-order valence-electron chi connectivity index (χ4n) is 2.71. The second-order valence-electron chi connectivity index (χ2n) is 5.29. The van der Waals surface area contributed by atoms with E-state index in [0.717, 1.165) is 42.1 Å². The zero-order valence-electron chi connectivity index (χ0n) is 10.3. The molecule has 0 aromatic heterocycles. The lowest BCUT2D eigenvalue weighted by Gasteiger charge is -2.27. The molecular weight excluding hydrogens is 295 g/mol. The van der Waals surface area contributed by atoms with E-state index >= 15 is 0 Å². The third kappa shape index (κ3) is 2.69. The predicted molar refractivity (Wildman–Crippen MR) is 75.4 cm³/mol. The summed E-state index contributed by atoms with van der Waals surface area (Å²) in [6, 6.07) is 5.51. The van der Waals surface area contributed by atoms with Crippen molar-refractivity contribution in [2.24, 2.45) is 5.92 Å². The van der Waals surface area contributed by atoms with Crippen LogP contribution in [-0.4, -0.2) is 25.7 Å². The minimum absolute atomic E-state index is 0.159. The maximum absolute atomic E-state index is 13.4. The van der Waals surface area contributed by atoms with Gasteiger partial charge in [-0.3, -0.25) is 0 Å². The number of hydrogen-bond acceptors (Lipinski definition) is 2. The molecule has 2 fully saturated rings. The quantitative estimate of drug-likeness (QED) is 0.902. The lowest BCUT2D eigenvalue weighted by Crippen LogP contribution is -2.39. The Labute approximate surface area is 116 Å². The van der Waals surface area contributed by atoms with E-state index in [1.54, 1.807) is 12.1 Å². The number of nitrogens with one attached hydrogen (secondary N) is 1. The van der Waals surface area contributed by atoms with Crippen molar-refractivity contribution in [3.05, 3.63) is 28.5 Å². The van der Waals surface area contributed by atoms with Gasteiger partial charge in [-0.2, -0.15) is 0 Å². The minimum Gasteiger partial charge on any atom is -0.369 e. The van der Waals surface area contributed by atoms with Gasteiger partial charge < -0.3 is 10.2 Å². The molecule has 18 heavy (non-hydrogen) atoms. The van der Waals surface area contributed by atoms with Crippen molar-refractivity contribution in [1.29, 1.82) is 0 Å². The summed E-state index contributed by atoms with van der Waals surface area (Å²) >= 11 is 3.54. The molecule has 2 aliphatic rings. The highest BCUT2D eigenvalue weighted by Gasteiger charge is 2.33. The van der Waals surface area contributed by atoms with E-state index in [-0.39, 0.29) is 5.82 Å². The van der Waals surface area contributed by atoms with E-state index in [9.17, 15) is 4.39 Å². The molecule has 1 heterocycles. The van der Waals surface area contributed by atoms with Crippen molar-refractivity contribution < 1.29 is 4.39 Å². The van der Waals surface area contributed by atoms with Gasteiger partial charge >= 0.3 is 0 Å². The third-order valence-electron chi connectivity index (χ3n) is 3.87. The van der Waals surface area contributed by atoms with Crippen molar-refractivity contribution in [1.82, 2.24) is 5.32 Å². The molecule has 0 spiro atoms. The van der Waals surface area contributed by atoms with Gasteiger partial charge in [0.25, 0.3) is 0 Å². The van der Waals surface area contributed by atoms with Crippen LogP contribution in [0.4, 0.5) is 10.1 Å². The molecule has 3 rings (SSSR count). The van der Waals surface area contributed by atoms with Crippen molar-refractivity contribution in [3.8, 4) is 0 Å². The van der Waals surface area contributed by atoms with Crippen molar-refractivity contribution in [2.75, 3.05) is 24.5 Å². The molecule has 98 valence electrons. The number of halogens is 2. The van der Waals surface area contributed by atoms with Gasteiger partial charge in [-0.05, 0) is 65.9 Å². The summed E-state index contributed by atoms with van der Waals surface area (Å²) in [5, 5.41) is 3.63. The molecule has 1 N–H and O–H groups in total. The molecule has 1 aliphatic heterocycles. The van der Waals surface area contributed by atoms with E-state index in [1.807, 2.05) is 0 Å². The lowest BCUT2D eigenvalue weighted by atomic mass is 10.1. The second-order valence-corrected chi connectivity index (χ2v) is 6.15. The summed E-state index contributed by atoms with van der Waals surface area (Å²) in [6.07, 6.45) is 3.80. The first kappa shape index (κ1) is 12.4. The van der Waals surface area contributed by atoms with E-state index in [0.29, 0.717) is 6.04 Å². The van der Waals surface area contributed by atoms with Gasteiger partial charge in [0.2, 0.25) is 0 Å². The molecular formula is C14H18BrFN2. The number of rotatable bonds is 2. The number of nitrogens with zero attached hydrogens (tertiary/aromatic N) is 1. The normalized spacial score (nSPS) is 25.0. The molecule has 1 saturated carbocycles. The summed E-state index contributed by atoms with van der Waals surface area (Å²) in [7, 11) is 0. The third-order valence-corrected chi connectivity index (χ3v) is 4.54. The molecule has 1 aliphatic carbocycles. The Kier molecular flexibility index (Phi) is 3.57. The number of benzene rings is 1. The summed E-state index contributed by atoms with van der Waals surface area (Å²) in [5.74, 6) is 0.673. The van der Waals surface area contributed by atoms with Crippen molar-refractivity contribution >= 4 is 21.6 Å². The van der Waals surface area contributed by atoms with Crippen molar-refractivity contribution in [3.63, 3.8) is 0 Å². The lowest BCUT2D eigenvalue weighted by molar-refractivity contribution is 0.489. The minimum atomic E-state index is -0.159. The zero-order chi connectivity index (χ0) is 12.5. The fraction of sp³-hybridized carbons (Fsp3) is 0.571. The summed E-state index contributed by atoms with van der Waals surface area (Å²) < 4.78 is 14.4. The molecule has 4 heteroatoms. The highest BCUT2D eigenvalue weighted by Crippen LogP contribution is 2.35. The van der Waals surface area contributed by atoms with Crippen LogP contribution in [0.25, 0.3) is 0 Å². The number of hydrogen-bond donors (Lipinski definition) is 1. The summed E-state index contributed by atoms with van der Waals surface area (Å²) in [6.45, 7) is 3.07. The van der Waals surface area contributed by atoms with E-state index in [4.69, 9.17) is 0 Å². The topological polar surface area (TPSA) is 15.3 Å². The predicted octanol–water partition coefficient (Wildman–Crippen LogP) is 3.17. The Bertz CT molecular complexity index is 434. The molecule has 1 aromatic rings. The van der Waals surface area contributed by atoms with Gasteiger partial charge in [0.05, 0.1) is 5.69 Å². The molecule has 1 saturated heterocycles. The second kappa shape index (κ2) is 5.17. The van der Waals surface area contributed by atoms with Crippen LogP contribution in [0.2, 0.25) is 0 Å². The average molecular weight is 313 g/mol. The van der Waals surface area contributed by atoms with Crippen LogP contribution in [0.5, 0.6) is 0 Å². The monoisotopic (exact) mass is 312 g/mol. The van der Waals surface area contributed by atoms with E-state index < -0.39 is 0 Å². The molecule has 2 nitrogen and oxygen atoms in total. The van der Waals surface area contributed by atoms with Crippen LogP contribution in [-0.2, 0) is 0 Å². The molecule has 0 bridgehead atoms. The van der Waals surface area contributed by atoms with Gasteiger partial charge in [0.1, 0.15) is 5.82 Å². The molecule has 1 atom stereocenters. The zero-order valence-corrected chi connectivity index (χ0v) is 11.9. The van der Waals surface area contributed by atoms with Crippen molar-refractivity contribution in [2.45, 2.75) is 25.3 Å². The molecule has 1 unspecified atom stereocenters. The summed E-state index contributed by atoms with van der Waals surface area (Å²) in [5.41, 5.74) is 0.990. The molecule has 0 amide bonds. The standard InChI is InChI=1S/C14H18BrFN2/c15-12-5-4-11(16)8-14(12)18-7-1-6-17-13(9-18)10-2-3-10/h4-5,8,10,13,17H,1-3,6-7,9H2. The van der Waals surface area contributed by atoms with E-state index in [1.165, 1.54) is 18.9 Å². The van der Waals surface area contributed by atoms with Crippen LogP contribution >= 0.6 is 15.9 Å². The first-order valence-corrected chi connectivity index (χ1v) is 7.47.